The van der Waals surface area contributed by atoms with Crippen LogP contribution < -0.4 is 5.32 Å². The van der Waals surface area contributed by atoms with Crippen LogP contribution in [0.25, 0.3) is 0 Å². The fraction of sp³-hybridized carbons (Fsp3) is 0.176. The lowest BCUT2D eigenvalue weighted by molar-refractivity contribution is -0.383. The maximum Gasteiger partial charge on any atom is 0.339 e. The standard InChI is InChI=1S/C17H16N2O5/c1-11(20)12(2)24-17(21)13-8-9-15(16(10-13)19(22)23)18-14-6-4-3-5-7-14/h3-10,12,18H,1-2H3. The summed E-state index contributed by atoms with van der Waals surface area (Å²) in [4.78, 5) is 33.8. The Kier molecular flexibility index (Phi) is 5.26. The van der Waals surface area contributed by atoms with Gasteiger partial charge in [-0.25, -0.2) is 4.79 Å². The summed E-state index contributed by atoms with van der Waals surface area (Å²) in [7, 11) is 0. The number of anilines is 2. The number of carbonyl (C=O) groups is 2. The Labute approximate surface area is 138 Å². The Morgan fingerprint density at radius 1 is 1.17 bits per heavy atom. The lowest BCUT2D eigenvalue weighted by Crippen LogP contribution is -2.21. The molecule has 0 aromatic heterocycles. The molecule has 2 rings (SSSR count). The van der Waals surface area contributed by atoms with Gasteiger partial charge >= 0.3 is 5.97 Å². The molecule has 0 aliphatic carbocycles. The normalized spacial score (nSPS) is 11.4. The van der Waals surface area contributed by atoms with Gasteiger partial charge in [0.2, 0.25) is 0 Å². The van der Waals surface area contributed by atoms with E-state index in [4.69, 9.17) is 4.74 Å². The van der Waals surface area contributed by atoms with Crippen LogP contribution >= 0.6 is 0 Å². The summed E-state index contributed by atoms with van der Waals surface area (Å²) in [5, 5.41) is 14.2. The molecule has 24 heavy (non-hydrogen) atoms. The van der Waals surface area contributed by atoms with Crippen molar-refractivity contribution in [2.75, 3.05) is 5.32 Å². The predicted molar refractivity (Wildman–Crippen MR) is 88.4 cm³/mol. The minimum atomic E-state index is -0.904. The Hall–Kier alpha value is -3.22. The van der Waals surface area contributed by atoms with Gasteiger partial charge in [-0.3, -0.25) is 14.9 Å². The largest absolute Gasteiger partial charge is 0.451 e. The van der Waals surface area contributed by atoms with E-state index >= 15 is 0 Å². The summed E-state index contributed by atoms with van der Waals surface area (Å²) in [5.74, 6) is -1.09. The Morgan fingerprint density at radius 3 is 2.42 bits per heavy atom. The van der Waals surface area contributed by atoms with Crippen molar-refractivity contribution in [1.29, 1.82) is 0 Å². The summed E-state index contributed by atoms with van der Waals surface area (Å²) in [6.45, 7) is 2.74. The Morgan fingerprint density at radius 2 is 1.83 bits per heavy atom. The highest BCUT2D eigenvalue weighted by Crippen LogP contribution is 2.29. The zero-order valence-electron chi connectivity index (χ0n) is 13.2. The van der Waals surface area contributed by atoms with Gasteiger partial charge in [-0.2, -0.15) is 0 Å². The molecule has 0 amide bonds. The second-order valence-electron chi connectivity index (χ2n) is 5.14. The summed E-state index contributed by atoms with van der Waals surface area (Å²) in [5.41, 5.74) is 0.681. The third kappa shape index (κ3) is 4.16. The molecule has 2 aromatic carbocycles. The first-order valence-electron chi connectivity index (χ1n) is 7.20. The second-order valence-corrected chi connectivity index (χ2v) is 5.14. The molecule has 0 saturated heterocycles. The molecular weight excluding hydrogens is 312 g/mol. The van der Waals surface area contributed by atoms with Gasteiger partial charge in [0.15, 0.2) is 11.9 Å². The van der Waals surface area contributed by atoms with Gasteiger partial charge in [-0.05, 0) is 38.1 Å². The van der Waals surface area contributed by atoms with E-state index in [-0.39, 0.29) is 22.7 Å². The van der Waals surface area contributed by atoms with Crippen molar-refractivity contribution in [3.63, 3.8) is 0 Å². The molecule has 1 unspecified atom stereocenters. The molecule has 0 aliphatic rings. The number of nitrogens with one attached hydrogen (secondary N) is 1. The highest BCUT2D eigenvalue weighted by molar-refractivity contribution is 5.93. The number of Topliss-reactive ketones (excluding diaryl/α,β-unsaturated/α-hetero) is 1. The van der Waals surface area contributed by atoms with E-state index in [1.54, 1.807) is 24.3 Å². The molecule has 124 valence electrons. The van der Waals surface area contributed by atoms with E-state index < -0.39 is 17.0 Å². The van der Waals surface area contributed by atoms with Gasteiger partial charge in [-0.15, -0.1) is 0 Å². The van der Waals surface area contributed by atoms with Crippen LogP contribution in [-0.4, -0.2) is 22.8 Å². The molecule has 0 spiro atoms. The predicted octanol–water partition coefficient (Wildman–Crippen LogP) is 3.47. The van der Waals surface area contributed by atoms with Crippen molar-refractivity contribution in [1.82, 2.24) is 0 Å². The van der Waals surface area contributed by atoms with E-state index in [0.717, 1.165) is 6.07 Å². The van der Waals surface area contributed by atoms with Crippen LogP contribution in [0.4, 0.5) is 17.1 Å². The fourth-order valence-corrected chi connectivity index (χ4v) is 1.90. The highest BCUT2D eigenvalue weighted by atomic mass is 16.6. The number of ether oxygens (including phenoxy) is 1. The molecule has 1 N–H and O–H groups in total. The van der Waals surface area contributed by atoms with E-state index in [9.17, 15) is 19.7 Å². The van der Waals surface area contributed by atoms with Crippen LogP contribution in [0.3, 0.4) is 0 Å². The topological polar surface area (TPSA) is 98.5 Å². The number of rotatable bonds is 6. The number of para-hydroxylation sites is 1. The number of hydrogen-bond donors (Lipinski definition) is 1. The minimum Gasteiger partial charge on any atom is -0.451 e. The summed E-state index contributed by atoms with van der Waals surface area (Å²) in [6, 6.07) is 12.9. The lowest BCUT2D eigenvalue weighted by Gasteiger charge is -2.11. The van der Waals surface area contributed by atoms with Crippen molar-refractivity contribution in [3.8, 4) is 0 Å². The van der Waals surface area contributed by atoms with Gasteiger partial charge < -0.3 is 10.1 Å². The molecule has 0 heterocycles. The van der Waals surface area contributed by atoms with Crippen LogP contribution in [0, 0.1) is 10.1 Å². The average Bonchev–Trinajstić information content (AvgIpc) is 2.55. The first kappa shape index (κ1) is 17.1. The number of nitrogens with zero attached hydrogens (tertiary/aromatic N) is 1. The number of hydrogen-bond acceptors (Lipinski definition) is 6. The second kappa shape index (κ2) is 7.36. The van der Waals surface area contributed by atoms with Gasteiger partial charge in [0.1, 0.15) is 5.69 Å². The quantitative estimate of drug-likeness (QED) is 0.495. The van der Waals surface area contributed by atoms with E-state index in [1.807, 2.05) is 6.07 Å². The fourth-order valence-electron chi connectivity index (χ4n) is 1.90. The Bertz CT molecular complexity index is 774. The van der Waals surface area contributed by atoms with Gasteiger partial charge in [0, 0.05) is 11.8 Å². The number of esters is 1. The number of nitro groups is 1. The average molecular weight is 328 g/mol. The van der Waals surface area contributed by atoms with Crippen LogP contribution in [0.1, 0.15) is 24.2 Å². The van der Waals surface area contributed by atoms with Gasteiger partial charge in [0.05, 0.1) is 10.5 Å². The van der Waals surface area contributed by atoms with E-state index in [0.29, 0.717) is 5.69 Å². The van der Waals surface area contributed by atoms with Crippen molar-refractivity contribution >= 4 is 28.8 Å². The van der Waals surface area contributed by atoms with Crippen LogP contribution in [0.5, 0.6) is 0 Å². The van der Waals surface area contributed by atoms with Crippen molar-refractivity contribution in [2.45, 2.75) is 20.0 Å². The number of nitro benzene ring substituents is 1. The number of carbonyl (C=O) groups excluding carboxylic acids is 2. The molecule has 0 aliphatic heterocycles. The molecule has 0 fully saturated rings. The first-order chi connectivity index (χ1) is 11.4. The zero-order chi connectivity index (χ0) is 17.7. The molecule has 7 heteroatoms. The number of benzene rings is 2. The van der Waals surface area contributed by atoms with Gasteiger partial charge in [-0.1, -0.05) is 18.2 Å². The van der Waals surface area contributed by atoms with Crippen LogP contribution in [-0.2, 0) is 9.53 Å². The molecule has 1 atom stereocenters. The monoisotopic (exact) mass is 328 g/mol. The smallest absolute Gasteiger partial charge is 0.339 e. The van der Waals surface area contributed by atoms with Crippen LogP contribution in [0.2, 0.25) is 0 Å². The van der Waals surface area contributed by atoms with E-state index in [2.05, 4.69) is 5.32 Å². The maximum absolute atomic E-state index is 12.0. The number of ketones is 1. The highest BCUT2D eigenvalue weighted by Gasteiger charge is 2.21. The maximum atomic E-state index is 12.0. The third-order valence-electron chi connectivity index (χ3n) is 3.34. The molecular formula is C17H16N2O5. The molecule has 0 saturated carbocycles. The lowest BCUT2D eigenvalue weighted by atomic mass is 10.1. The van der Waals surface area contributed by atoms with Gasteiger partial charge in [0.25, 0.3) is 5.69 Å². The SMILES string of the molecule is CC(=O)C(C)OC(=O)c1ccc(Nc2ccccc2)c([N+](=O)[O-])c1. The molecule has 2 aromatic rings. The Balaban J connectivity index is 2.28. The molecule has 7 nitrogen and oxygen atoms in total. The first-order valence-corrected chi connectivity index (χ1v) is 7.20. The molecule has 0 bridgehead atoms. The van der Waals surface area contributed by atoms with Crippen molar-refractivity contribution < 1.29 is 19.2 Å². The summed E-state index contributed by atoms with van der Waals surface area (Å²) >= 11 is 0. The van der Waals surface area contributed by atoms with Crippen molar-refractivity contribution in [2.24, 2.45) is 0 Å². The van der Waals surface area contributed by atoms with Crippen molar-refractivity contribution in [3.05, 3.63) is 64.2 Å². The minimum absolute atomic E-state index is 0.00779. The molecule has 0 radical (unpaired) electrons. The van der Waals surface area contributed by atoms with Crippen LogP contribution in [0.15, 0.2) is 48.5 Å². The third-order valence-corrected chi connectivity index (χ3v) is 3.34. The summed E-state index contributed by atoms with van der Waals surface area (Å²) in [6.07, 6.45) is -0.904. The zero-order valence-corrected chi connectivity index (χ0v) is 13.2. The van der Waals surface area contributed by atoms with E-state index in [1.165, 1.54) is 26.0 Å². The summed E-state index contributed by atoms with van der Waals surface area (Å²) < 4.78 is 4.96.